The average molecular weight is 275 g/mol. The van der Waals surface area contributed by atoms with Crippen molar-refractivity contribution in [3.05, 3.63) is 48.0 Å². The molecule has 1 aromatic heterocycles. The van der Waals surface area contributed by atoms with Crippen molar-refractivity contribution in [1.29, 1.82) is 0 Å². The van der Waals surface area contributed by atoms with Gasteiger partial charge in [0.25, 0.3) is 5.91 Å². The Hall–Kier alpha value is -2.34. The molecule has 2 rings (SSSR count). The average Bonchev–Trinajstić information content (AvgIpc) is 2.96. The van der Waals surface area contributed by atoms with Crippen molar-refractivity contribution in [3.63, 3.8) is 0 Å². The molecule has 0 aliphatic rings. The molecule has 6 heteroatoms. The smallest absolute Gasteiger partial charge is 0.255 e. The second-order valence-corrected chi connectivity index (χ2v) is 4.42. The van der Waals surface area contributed by atoms with Crippen LogP contribution in [0.15, 0.2) is 36.9 Å². The van der Waals surface area contributed by atoms with E-state index in [9.17, 15) is 9.90 Å². The summed E-state index contributed by atoms with van der Waals surface area (Å²) >= 11 is 0. The number of phenols is 1. The molecule has 0 spiro atoms. The van der Waals surface area contributed by atoms with Crippen LogP contribution in [0.5, 0.6) is 5.75 Å². The lowest BCUT2D eigenvalue weighted by atomic mass is 10.1. The molecule has 0 saturated carbocycles. The highest BCUT2D eigenvalue weighted by Gasteiger charge is 2.10. The number of nitrogens with one attached hydrogen (secondary N) is 1. The summed E-state index contributed by atoms with van der Waals surface area (Å²) in [6, 6.07) is 4.51. The first kappa shape index (κ1) is 14.1. The number of imidazole rings is 1. The number of carbonyl (C=O) groups is 1. The molecule has 0 atom stereocenters. The van der Waals surface area contributed by atoms with Crippen LogP contribution in [0.2, 0.25) is 0 Å². The van der Waals surface area contributed by atoms with Crippen LogP contribution in [0.25, 0.3) is 0 Å². The molecule has 0 aliphatic heterocycles. The third-order valence-corrected chi connectivity index (χ3v) is 2.93. The highest BCUT2D eigenvalue weighted by Crippen LogP contribution is 2.18. The number of hydrogen-bond acceptors (Lipinski definition) is 4. The Kier molecular flexibility index (Phi) is 4.73. The Labute approximate surface area is 116 Å². The predicted octanol–water partition coefficient (Wildman–Crippen LogP) is 0.901. The zero-order chi connectivity index (χ0) is 14.4. The number of nitrogens with zero attached hydrogens (tertiary/aromatic N) is 2. The van der Waals surface area contributed by atoms with E-state index in [0.717, 1.165) is 13.0 Å². The van der Waals surface area contributed by atoms with Crippen molar-refractivity contribution >= 4 is 5.91 Å². The monoisotopic (exact) mass is 275 g/mol. The number of aromatic nitrogens is 2. The number of aryl methyl sites for hydroxylation is 1. The van der Waals surface area contributed by atoms with Crippen molar-refractivity contribution in [1.82, 2.24) is 14.9 Å². The summed E-state index contributed by atoms with van der Waals surface area (Å²) in [7, 11) is 0. The minimum absolute atomic E-state index is 0.122. The molecule has 3 N–H and O–H groups in total. The van der Waals surface area contributed by atoms with Gasteiger partial charge in [0.2, 0.25) is 0 Å². The number of benzene rings is 1. The number of carbonyl (C=O) groups excluding carboxylic acids is 1. The van der Waals surface area contributed by atoms with Crippen LogP contribution in [0.3, 0.4) is 0 Å². The van der Waals surface area contributed by atoms with Gasteiger partial charge in [-0.1, -0.05) is 6.07 Å². The van der Waals surface area contributed by atoms with Gasteiger partial charge in [-0.05, 0) is 24.1 Å². The predicted molar refractivity (Wildman–Crippen MR) is 73.2 cm³/mol. The van der Waals surface area contributed by atoms with E-state index in [-0.39, 0.29) is 23.8 Å². The van der Waals surface area contributed by atoms with Gasteiger partial charge in [-0.15, -0.1) is 0 Å². The molecular weight excluding hydrogens is 258 g/mol. The van der Waals surface area contributed by atoms with Crippen LogP contribution in [-0.2, 0) is 13.2 Å². The first-order chi connectivity index (χ1) is 9.70. The van der Waals surface area contributed by atoms with Crippen LogP contribution in [0.1, 0.15) is 22.3 Å². The second kappa shape index (κ2) is 6.72. The highest BCUT2D eigenvalue weighted by molar-refractivity contribution is 5.96. The van der Waals surface area contributed by atoms with Crippen molar-refractivity contribution in [3.8, 4) is 5.75 Å². The van der Waals surface area contributed by atoms with E-state index in [1.165, 1.54) is 12.1 Å². The van der Waals surface area contributed by atoms with Crippen LogP contribution >= 0.6 is 0 Å². The van der Waals surface area contributed by atoms with E-state index in [1.54, 1.807) is 18.6 Å². The van der Waals surface area contributed by atoms with Gasteiger partial charge in [0.1, 0.15) is 5.75 Å². The number of amides is 1. The van der Waals surface area contributed by atoms with E-state index < -0.39 is 0 Å². The standard InChI is InChI=1S/C14H17N3O3/c18-9-11-2-3-12(13(19)8-11)14(20)16-4-1-6-17-7-5-15-10-17/h2-3,5,7-8,10,18-19H,1,4,6,9H2,(H,16,20). The number of aliphatic hydroxyl groups is 1. The fourth-order valence-electron chi connectivity index (χ4n) is 1.85. The molecule has 0 unspecified atom stereocenters. The lowest BCUT2D eigenvalue weighted by molar-refractivity contribution is 0.0950. The van der Waals surface area contributed by atoms with E-state index in [0.29, 0.717) is 12.1 Å². The van der Waals surface area contributed by atoms with Crippen molar-refractivity contribution in [2.45, 2.75) is 19.6 Å². The normalized spacial score (nSPS) is 10.4. The fourth-order valence-corrected chi connectivity index (χ4v) is 1.85. The van der Waals surface area contributed by atoms with Crippen molar-refractivity contribution in [2.24, 2.45) is 0 Å². The van der Waals surface area contributed by atoms with Crippen molar-refractivity contribution < 1.29 is 15.0 Å². The summed E-state index contributed by atoms with van der Waals surface area (Å²) < 4.78 is 1.93. The Morgan fingerprint density at radius 2 is 2.25 bits per heavy atom. The molecule has 106 valence electrons. The largest absolute Gasteiger partial charge is 0.507 e. The third-order valence-electron chi connectivity index (χ3n) is 2.93. The summed E-state index contributed by atoms with van der Waals surface area (Å²) in [4.78, 5) is 15.8. The highest BCUT2D eigenvalue weighted by atomic mass is 16.3. The summed E-state index contributed by atoms with van der Waals surface area (Å²) in [6.45, 7) is 1.12. The Bertz CT molecular complexity index is 567. The maximum absolute atomic E-state index is 11.9. The van der Waals surface area contributed by atoms with Gasteiger partial charge < -0.3 is 20.1 Å². The van der Waals surface area contributed by atoms with Crippen LogP contribution < -0.4 is 5.32 Å². The van der Waals surface area contributed by atoms with Gasteiger partial charge in [0, 0.05) is 25.5 Å². The Balaban J connectivity index is 1.82. The molecule has 0 bridgehead atoms. The zero-order valence-corrected chi connectivity index (χ0v) is 11.0. The molecule has 2 aromatic rings. The number of aromatic hydroxyl groups is 1. The minimum atomic E-state index is -0.322. The van der Waals surface area contributed by atoms with E-state index >= 15 is 0 Å². The number of rotatable bonds is 6. The molecule has 1 amide bonds. The summed E-state index contributed by atoms with van der Waals surface area (Å²) in [5, 5.41) is 21.4. The molecule has 0 saturated heterocycles. The van der Waals surface area contributed by atoms with Gasteiger partial charge in [-0.25, -0.2) is 4.98 Å². The van der Waals surface area contributed by atoms with E-state index in [2.05, 4.69) is 10.3 Å². The SMILES string of the molecule is O=C(NCCCn1ccnc1)c1ccc(CO)cc1O. The van der Waals surface area contributed by atoms with Gasteiger partial charge in [-0.3, -0.25) is 4.79 Å². The first-order valence-electron chi connectivity index (χ1n) is 6.37. The van der Waals surface area contributed by atoms with Crippen molar-refractivity contribution in [2.75, 3.05) is 6.54 Å². The minimum Gasteiger partial charge on any atom is -0.507 e. The lowest BCUT2D eigenvalue weighted by Crippen LogP contribution is -2.25. The Morgan fingerprint density at radius 1 is 1.40 bits per heavy atom. The van der Waals surface area contributed by atoms with E-state index in [1.807, 2.05) is 10.8 Å². The maximum atomic E-state index is 11.9. The summed E-state index contributed by atoms with van der Waals surface area (Å²) in [5.41, 5.74) is 0.781. The zero-order valence-electron chi connectivity index (χ0n) is 11.0. The van der Waals surface area contributed by atoms with Gasteiger partial charge in [0.05, 0.1) is 18.5 Å². The molecule has 1 heterocycles. The molecule has 0 radical (unpaired) electrons. The molecular formula is C14H17N3O3. The topological polar surface area (TPSA) is 87.4 Å². The quantitative estimate of drug-likeness (QED) is 0.684. The summed E-state index contributed by atoms with van der Waals surface area (Å²) in [6.07, 6.45) is 6.07. The molecule has 0 aliphatic carbocycles. The molecule has 1 aromatic carbocycles. The first-order valence-corrected chi connectivity index (χ1v) is 6.37. The second-order valence-electron chi connectivity index (χ2n) is 4.42. The van der Waals surface area contributed by atoms with Gasteiger partial charge in [0.15, 0.2) is 0 Å². The third kappa shape index (κ3) is 3.58. The number of hydrogen-bond donors (Lipinski definition) is 3. The van der Waals surface area contributed by atoms with Crippen LogP contribution in [0, 0.1) is 0 Å². The number of phenolic OH excluding ortho intramolecular Hbond substituents is 1. The van der Waals surface area contributed by atoms with Crippen LogP contribution in [-0.4, -0.2) is 32.2 Å². The Morgan fingerprint density at radius 3 is 2.90 bits per heavy atom. The summed E-state index contributed by atoms with van der Waals surface area (Å²) in [5.74, 6) is -0.443. The molecule has 6 nitrogen and oxygen atoms in total. The van der Waals surface area contributed by atoms with Gasteiger partial charge in [-0.2, -0.15) is 0 Å². The van der Waals surface area contributed by atoms with Gasteiger partial charge >= 0.3 is 0 Å². The van der Waals surface area contributed by atoms with Crippen LogP contribution in [0.4, 0.5) is 0 Å². The number of aliphatic hydroxyl groups excluding tert-OH is 1. The molecule has 20 heavy (non-hydrogen) atoms. The molecule has 0 fully saturated rings. The fraction of sp³-hybridized carbons (Fsp3) is 0.286. The maximum Gasteiger partial charge on any atom is 0.255 e. The lowest BCUT2D eigenvalue weighted by Gasteiger charge is -2.08. The van der Waals surface area contributed by atoms with E-state index in [4.69, 9.17) is 5.11 Å².